The van der Waals surface area contributed by atoms with Gasteiger partial charge in [-0.2, -0.15) is 0 Å². The lowest BCUT2D eigenvalue weighted by molar-refractivity contribution is -0.118. The maximum Gasteiger partial charge on any atom is 0.230 e. The number of benzene rings is 2. The zero-order valence-corrected chi connectivity index (χ0v) is 13.5. The van der Waals surface area contributed by atoms with Crippen molar-refractivity contribution in [3.05, 3.63) is 64.7 Å². The molecular weight excluding hydrogens is 302 g/mol. The van der Waals surface area contributed by atoms with E-state index < -0.39 is 0 Å². The third-order valence-corrected chi connectivity index (χ3v) is 4.69. The number of hydrogen-bond donors (Lipinski definition) is 1. The number of rotatable bonds is 6. The molecule has 0 atom stereocenters. The van der Waals surface area contributed by atoms with Crippen LogP contribution in [0.4, 0.5) is 0 Å². The van der Waals surface area contributed by atoms with Crippen LogP contribution in [0.25, 0.3) is 0 Å². The first-order valence-electron chi connectivity index (χ1n) is 6.85. The standard InChI is InChI=1S/C17H18ClNOS/c1-13-6-2-3-7-14(13)10-11-19-17(20)12-21-16-9-5-4-8-15(16)18/h2-9H,10-12H2,1H3,(H,19,20). The van der Waals surface area contributed by atoms with E-state index in [0.717, 1.165) is 11.3 Å². The number of amides is 1. The van der Waals surface area contributed by atoms with Gasteiger partial charge < -0.3 is 5.32 Å². The van der Waals surface area contributed by atoms with Gasteiger partial charge in [-0.15, -0.1) is 11.8 Å². The molecule has 2 aromatic carbocycles. The third-order valence-electron chi connectivity index (χ3n) is 3.17. The van der Waals surface area contributed by atoms with Crippen molar-refractivity contribution in [3.63, 3.8) is 0 Å². The number of thioether (sulfide) groups is 1. The second-order valence-corrected chi connectivity index (χ2v) is 6.17. The molecule has 1 amide bonds. The average Bonchev–Trinajstić information content (AvgIpc) is 2.48. The highest BCUT2D eigenvalue weighted by molar-refractivity contribution is 8.00. The molecule has 0 aliphatic heterocycles. The Kier molecular flexibility index (Phi) is 6.15. The second-order valence-electron chi connectivity index (χ2n) is 4.75. The molecule has 0 fully saturated rings. The highest BCUT2D eigenvalue weighted by atomic mass is 35.5. The normalized spacial score (nSPS) is 10.4. The molecular formula is C17H18ClNOS. The van der Waals surface area contributed by atoms with Crippen molar-refractivity contribution in [2.75, 3.05) is 12.3 Å². The first-order valence-corrected chi connectivity index (χ1v) is 8.21. The first-order chi connectivity index (χ1) is 10.2. The Morgan fingerprint density at radius 3 is 2.62 bits per heavy atom. The van der Waals surface area contributed by atoms with E-state index in [1.165, 1.54) is 22.9 Å². The fourth-order valence-electron chi connectivity index (χ4n) is 1.98. The summed E-state index contributed by atoms with van der Waals surface area (Å²) in [5, 5.41) is 3.64. The Hall–Kier alpha value is -1.45. The van der Waals surface area contributed by atoms with E-state index in [1.807, 2.05) is 36.4 Å². The van der Waals surface area contributed by atoms with Crippen LogP contribution < -0.4 is 5.32 Å². The largest absolute Gasteiger partial charge is 0.355 e. The van der Waals surface area contributed by atoms with E-state index in [1.54, 1.807) is 0 Å². The van der Waals surface area contributed by atoms with E-state index in [9.17, 15) is 4.79 Å². The Balaban J connectivity index is 1.73. The lowest BCUT2D eigenvalue weighted by Crippen LogP contribution is -2.27. The Morgan fingerprint density at radius 1 is 1.14 bits per heavy atom. The number of carbonyl (C=O) groups is 1. The second kappa shape index (κ2) is 8.11. The highest BCUT2D eigenvalue weighted by Gasteiger charge is 2.05. The van der Waals surface area contributed by atoms with Gasteiger partial charge in [0.25, 0.3) is 0 Å². The molecule has 0 heterocycles. The molecule has 2 aromatic rings. The molecule has 0 spiro atoms. The molecule has 2 rings (SSSR count). The van der Waals surface area contributed by atoms with Gasteiger partial charge in [0, 0.05) is 11.4 Å². The van der Waals surface area contributed by atoms with Crippen LogP contribution >= 0.6 is 23.4 Å². The van der Waals surface area contributed by atoms with Gasteiger partial charge in [0.15, 0.2) is 0 Å². The third kappa shape index (κ3) is 5.10. The monoisotopic (exact) mass is 319 g/mol. The molecule has 0 aromatic heterocycles. The van der Waals surface area contributed by atoms with Gasteiger partial charge in [-0.25, -0.2) is 0 Å². The molecule has 0 bridgehead atoms. The number of carbonyl (C=O) groups excluding carboxylic acids is 1. The summed E-state index contributed by atoms with van der Waals surface area (Å²) in [5.41, 5.74) is 2.54. The van der Waals surface area contributed by atoms with Gasteiger partial charge in [-0.1, -0.05) is 48.0 Å². The number of nitrogens with one attached hydrogen (secondary N) is 1. The lowest BCUT2D eigenvalue weighted by atomic mass is 10.1. The SMILES string of the molecule is Cc1ccccc1CCNC(=O)CSc1ccccc1Cl. The highest BCUT2D eigenvalue weighted by Crippen LogP contribution is 2.26. The molecule has 2 nitrogen and oxygen atoms in total. The van der Waals surface area contributed by atoms with Crippen molar-refractivity contribution in [2.45, 2.75) is 18.2 Å². The van der Waals surface area contributed by atoms with Crippen LogP contribution in [0.2, 0.25) is 5.02 Å². The molecule has 1 N–H and O–H groups in total. The Labute approximate surface area is 134 Å². The van der Waals surface area contributed by atoms with Crippen molar-refractivity contribution in [1.82, 2.24) is 5.32 Å². The summed E-state index contributed by atoms with van der Waals surface area (Å²) in [6.45, 7) is 2.75. The summed E-state index contributed by atoms with van der Waals surface area (Å²) in [4.78, 5) is 12.8. The first kappa shape index (κ1) is 15.9. The average molecular weight is 320 g/mol. The van der Waals surface area contributed by atoms with Crippen LogP contribution in [-0.4, -0.2) is 18.2 Å². The minimum Gasteiger partial charge on any atom is -0.355 e. The van der Waals surface area contributed by atoms with Crippen LogP contribution in [0.1, 0.15) is 11.1 Å². The molecule has 0 saturated carbocycles. The minimum atomic E-state index is 0.0357. The Bertz CT molecular complexity index is 615. The van der Waals surface area contributed by atoms with Gasteiger partial charge in [0.1, 0.15) is 0 Å². The van der Waals surface area contributed by atoms with E-state index in [-0.39, 0.29) is 5.91 Å². The van der Waals surface area contributed by atoms with E-state index in [4.69, 9.17) is 11.6 Å². The number of halogens is 1. The summed E-state index contributed by atoms with van der Waals surface area (Å²) in [6.07, 6.45) is 0.856. The summed E-state index contributed by atoms with van der Waals surface area (Å²) < 4.78 is 0. The smallest absolute Gasteiger partial charge is 0.230 e. The predicted molar refractivity (Wildman–Crippen MR) is 90.1 cm³/mol. The van der Waals surface area contributed by atoms with E-state index in [2.05, 4.69) is 24.4 Å². The summed E-state index contributed by atoms with van der Waals surface area (Å²) in [7, 11) is 0. The summed E-state index contributed by atoms with van der Waals surface area (Å²) in [5.74, 6) is 0.422. The van der Waals surface area contributed by atoms with E-state index >= 15 is 0 Å². The van der Waals surface area contributed by atoms with Crippen molar-refractivity contribution < 1.29 is 4.79 Å². The molecule has 0 radical (unpaired) electrons. The zero-order chi connectivity index (χ0) is 15.1. The van der Waals surface area contributed by atoms with Crippen LogP contribution in [0, 0.1) is 6.92 Å². The molecule has 0 aliphatic rings. The topological polar surface area (TPSA) is 29.1 Å². The van der Waals surface area contributed by atoms with E-state index in [0.29, 0.717) is 17.3 Å². The summed E-state index contributed by atoms with van der Waals surface area (Å²) in [6, 6.07) is 15.8. The molecule has 4 heteroatoms. The minimum absolute atomic E-state index is 0.0357. The fourth-order valence-corrected chi connectivity index (χ4v) is 3.05. The van der Waals surface area contributed by atoms with Crippen LogP contribution in [0.15, 0.2) is 53.4 Å². The van der Waals surface area contributed by atoms with Gasteiger partial charge in [0.2, 0.25) is 5.91 Å². The van der Waals surface area contributed by atoms with Gasteiger partial charge in [-0.3, -0.25) is 4.79 Å². The number of hydrogen-bond acceptors (Lipinski definition) is 2. The van der Waals surface area contributed by atoms with Crippen molar-refractivity contribution in [2.24, 2.45) is 0 Å². The zero-order valence-electron chi connectivity index (χ0n) is 11.9. The molecule has 0 aliphatic carbocycles. The quantitative estimate of drug-likeness (QED) is 0.812. The van der Waals surface area contributed by atoms with Crippen LogP contribution in [-0.2, 0) is 11.2 Å². The lowest BCUT2D eigenvalue weighted by Gasteiger charge is -2.08. The molecule has 110 valence electrons. The fraction of sp³-hybridized carbons (Fsp3) is 0.235. The predicted octanol–water partition coefficient (Wildman–Crippen LogP) is 4.10. The molecule has 21 heavy (non-hydrogen) atoms. The van der Waals surface area contributed by atoms with Crippen molar-refractivity contribution in [3.8, 4) is 0 Å². The Morgan fingerprint density at radius 2 is 1.86 bits per heavy atom. The maximum atomic E-state index is 11.8. The summed E-state index contributed by atoms with van der Waals surface area (Å²) >= 11 is 7.52. The van der Waals surface area contributed by atoms with Gasteiger partial charge >= 0.3 is 0 Å². The maximum absolute atomic E-state index is 11.8. The number of aryl methyl sites for hydroxylation is 1. The van der Waals surface area contributed by atoms with Crippen molar-refractivity contribution in [1.29, 1.82) is 0 Å². The van der Waals surface area contributed by atoms with Crippen LogP contribution in [0.5, 0.6) is 0 Å². The molecule has 0 saturated heterocycles. The van der Waals surface area contributed by atoms with Gasteiger partial charge in [-0.05, 0) is 36.6 Å². The molecule has 0 unspecified atom stereocenters. The van der Waals surface area contributed by atoms with Gasteiger partial charge in [0.05, 0.1) is 10.8 Å². The van der Waals surface area contributed by atoms with Crippen molar-refractivity contribution >= 4 is 29.3 Å². The van der Waals surface area contributed by atoms with Crippen LogP contribution in [0.3, 0.4) is 0 Å².